The number of anilines is 2. The summed E-state index contributed by atoms with van der Waals surface area (Å²) in [6.45, 7) is 4.77. The summed E-state index contributed by atoms with van der Waals surface area (Å²) in [4.78, 5) is 37.4. The van der Waals surface area contributed by atoms with Crippen molar-refractivity contribution in [2.45, 2.75) is 12.8 Å². The molecule has 0 atom stereocenters. The van der Waals surface area contributed by atoms with Gasteiger partial charge in [-0.2, -0.15) is 0 Å². The summed E-state index contributed by atoms with van der Waals surface area (Å²) in [5.74, 6) is 1.02. The average Bonchev–Trinajstić information content (AvgIpc) is 2.96. The van der Waals surface area contributed by atoms with E-state index in [1.165, 1.54) is 31.5 Å². The summed E-state index contributed by atoms with van der Waals surface area (Å²) in [7, 11) is 8.46. The van der Waals surface area contributed by atoms with Crippen molar-refractivity contribution in [3.05, 3.63) is 76.2 Å². The van der Waals surface area contributed by atoms with E-state index >= 15 is 0 Å². The molecule has 1 aromatic heterocycles. The fourth-order valence-electron chi connectivity index (χ4n) is 3.80. The normalized spacial score (nSPS) is 10.7. The van der Waals surface area contributed by atoms with Crippen LogP contribution in [-0.4, -0.2) is 75.2 Å². The lowest BCUT2D eigenvalue weighted by Gasteiger charge is -2.19. The summed E-state index contributed by atoms with van der Waals surface area (Å²) < 4.78 is 16.4. The number of hydrogen-bond donors (Lipinski definition) is 1. The second-order valence-corrected chi connectivity index (χ2v) is 9.98. The van der Waals surface area contributed by atoms with Crippen LogP contribution in [0.1, 0.15) is 16.8 Å². The maximum Gasteiger partial charge on any atom is 0.247 e. The highest BCUT2D eigenvalue weighted by Crippen LogP contribution is 2.40. The topological polar surface area (TPSA) is 106 Å². The Bertz CT molecular complexity index is 1390. The third-order valence-electron chi connectivity index (χ3n) is 6.12. The van der Waals surface area contributed by atoms with Crippen molar-refractivity contribution in [1.82, 2.24) is 14.9 Å². The zero-order valence-corrected chi connectivity index (χ0v) is 25.2. The van der Waals surface area contributed by atoms with Crippen LogP contribution in [0.25, 0.3) is 0 Å². The van der Waals surface area contributed by atoms with Crippen LogP contribution in [0.2, 0.25) is 10.0 Å². The van der Waals surface area contributed by atoms with E-state index in [-0.39, 0.29) is 28.3 Å². The number of hydrogen-bond acceptors (Lipinski definition) is 8. The number of benzene rings is 2. The summed E-state index contributed by atoms with van der Waals surface area (Å²) in [6.07, 6.45) is 2.81. The lowest BCUT2D eigenvalue weighted by molar-refractivity contribution is -0.117. The first-order valence-electron chi connectivity index (χ1n) is 12.6. The summed E-state index contributed by atoms with van der Waals surface area (Å²) in [5.41, 5.74) is 2.37. The number of likely N-dealkylation sites (N-methyl/N-ethyl adjacent to an activating group) is 2. The van der Waals surface area contributed by atoms with Crippen molar-refractivity contribution >= 4 is 46.5 Å². The molecule has 10 nitrogen and oxygen atoms in total. The number of carbonyl (C=O) groups is 2. The van der Waals surface area contributed by atoms with Gasteiger partial charge in [0.2, 0.25) is 11.8 Å². The summed E-state index contributed by atoms with van der Waals surface area (Å²) >= 11 is 12.9. The van der Waals surface area contributed by atoms with Crippen molar-refractivity contribution in [3.8, 4) is 17.2 Å². The molecular weight excluding hydrogens is 569 g/mol. The molecule has 0 spiro atoms. The average molecular weight is 603 g/mol. The monoisotopic (exact) mass is 601 g/mol. The number of ether oxygens (including phenoxy) is 3. The van der Waals surface area contributed by atoms with Crippen LogP contribution >= 0.6 is 23.2 Å². The van der Waals surface area contributed by atoms with Crippen molar-refractivity contribution < 1.29 is 23.8 Å². The predicted molar refractivity (Wildman–Crippen MR) is 161 cm³/mol. The van der Waals surface area contributed by atoms with Gasteiger partial charge in [0.25, 0.3) is 0 Å². The highest BCUT2D eigenvalue weighted by Gasteiger charge is 2.22. The van der Waals surface area contributed by atoms with Gasteiger partial charge >= 0.3 is 0 Å². The Balaban J connectivity index is 1.83. The van der Waals surface area contributed by atoms with Gasteiger partial charge in [-0.25, -0.2) is 9.97 Å². The van der Waals surface area contributed by atoms with E-state index in [0.717, 1.165) is 12.1 Å². The maximum atomic E-state index is 13.3. The fourth-order valence-corrected chi connectivity index (χ4v) is 4.43. The molecule has 0 bridgehead atoms. The largest absolute Gasteiger partial charge is 0.495 e. The maximum absolute atomic E-state index is 13.3. The SMILES string of the molecule is C=CC(=O)Nc1cc(OCCN(C)C)ccc1Cc1cc(N(C)C(=O)Cc2c(Cl)c(OC)cc(OC)c2Cl)ncn1. The van der Waals surface area contributed by atoms with Crippen molar-refractivity contribution in [2.24, 2.45) is 0 Å². The molecular formula is C29H33Cl2N5O5. The molecule has 3 aromatic rings. The van der Waals surface area contributed by atoms with Gasteiger partial charge < -0.3 is 24.4 Å². The van der Waals surface area contributed by atoms with E-state index in [1.807, 2.05) is 31.1 Å². The van der Waals surface area contributed by atoms with Gasteiger partial charge in [-0.05, 0) is 31.8 Å². The Hall–Kier alpha value is -3.86. The molecule has 3 rings (SSSR count). The minimum absolute atomic E-state index is 0.117. The zero-order chi connectivity index (χ0) is 30.1. The van der Waals surface area contributed by atoms with E-state index < -0.39 is 0 Å². The predicted octanol–water partition coefficient (Wildman–Crippen LogP) is 4.66. The molecule has 1 N–H and O–H groups in total. The first kappa shape index (κ1) is 31.7. The Kier molecular flexibility index (Phi) is 11.3. The van der Waals surface area contributed by atoms with Crippen LogP contribution in [0.5, 0.6) is 17.2 Å². The van der Waals surface area contributed by atoms with Crippen molar-refractivity contribution in [2.75, 3.05) is 58.7 Å². The molecule has 1 heterocycles. The molecule has 0 aliphatic heterocycles. The van der Waals surface area contributed by atoms with E-state index in [1.54, 1.807) is 25.2 Å². The molecule has 0 unspecified atom stereocenters. The van der Waals surface area contributed by atoms with E-state index in [9.17, 15) is 9.59 Å². The Morgan fingerprint density at radius 2 is 1.71 bits per heavy atom. The smallest absolute Gasteiger partial charge is 0.247 e. The molecule has 2 amide bonds. The van der Waals surface area contributed by atoms with Crippen LogP contribution in [-0.2, 0) is 22.4 Å². The van der Waals surface area contributed by atoms with Crippen LogP contribution < -0.4 is 24.4 Å². The third kappa shape index (κ3) is 8.32. The van der Waals surface area contributed by atoms with Gasteiger partial charge in [-0.1, -0.05) is 35.8 Å². The van der Waals surface area contributed by atoms with Gasteiger partial charge in [0.05, 0.1) is 36.4 Å². The number of nitrogens with one attached hydrogen (secondary N) is 1. The number of aromatic nitrogens is 2. The highest BCUT2D eigenvalue weighted by atomic mass is 35.5. The first-order valence-corrected chi connectivity index (χ1v) is 13.3. The van der Waals surface area contributed by atoms with Gasteiger partial charge in [-0.3, -0.25) is 14.5 Å². The van der Waals surface area contributed by atoms with E-state index in [0.29, 0.717) is 53.0 Å². The highest BCUT2D eigenvalue weighted by molar-refractivity contribution is 6.38. The van der Waals surface area contributed by atoms with Gasteiger partial charge in [0.15, 0.2) is 0 Å². The number of methoxy groups -OCH3 is 2. The first-order chi connectivity index (χ1) is 19.6. The zero-order valence-electron chi connectivity index (χ0n) is 23.7. The van der Waals surface area contributed by atoms with E-state index in [4.69, 9.17) is 37.4 Å². The Morgan fingerprint density at radius 1 is 1.02 bits per heavy atom. The lowest BCUT2D eigenvalue weighted by atomic mass is 10.1. The summed E-state index contributed by atoms with van der Waals surface area (Å²) in [5, 5.41) is 3.29. The molecule has 41 heavy (non-hydrogen) atoms. The third-order valence-corrected chi connectivity index (χ3v) is 6.95. The Labute approximate surface area is 249 Å². The molecule has 0 radical (unpaired) electrons. The molecule has 218 valence electrons. The van der Waals surface area contributed by atoms with Gasteiger partial charge in [-0.15, -0.1) is 0 Å². The second kappa shape index (κ2) is 14.7. The fraction of sp³-hybridized carbons (Fsp3) is 0.310. The molecule has 0 aliphatic carbocycles. The van der Waals surface area contributed by atoms with Gasteiger partial charge in [0.1, 0.15) is 36.0 Å². The minimum atomic E-state index is -0.350. The van der Waals surface area contributed by atoms with Crippen LogP contribution in [0.3, 0.4) is 0 Å². The standard InChI is InChI=1S/C29H33Cl2N5O5/c1-7-26(37)34-22-14-20(41-11-10-35(2)3)9-8-18(22)12-19-13-25(33-17-32-19)36(4)27(38)15-21-28(30)23(39-5)16-24(40-6)29(21)31/h7-9,13-14,16-17H,1,10-12,15H2,2-6H3,(H,34,37). The van der Waals surface area contributed by atoms with Crippen LogP contribution in [0, 0.1) is 0 Å². The quantitative estimate of drug-likeness (QED) is 0.282. The van der Waals surface area contributed by atoms with Crippen LogP contribution in [0.4, 0.5) is 11.5 Å². The number of halogens is 2. The van der Waals surface area contributed by atoms with E-state index in [2.05, 4.69) is 21.9 Å². The minimum Gasteiger partial charge on any atom is -0.495 e. The molecule has 0 aliphatic rings. The molecule has 0 saturated carbocycles. The number of rotatable bonds is 13. The van der Waals surface area contributed by atoms with Crippen molar-refractivity contribution in [1.29, 1.82) is 0 Å². The number of nitrogens with zero attached hydrogens (tertiary/aromatic N) is 4. The summed E-state index contributed by atoms with van der Waals surface area (Å²) in [6, 6.07) is 8.73. The molecule has 0 saturated heterocycles. The molecule has 12 heteroatoms. The second-order valence-electron chi connectivity index (χ2n) is 9.23. The van der Waals surface area contributed by atoms with Gasteiger partial charge in [0, 0.05) is 49.5 Å². The Morgan fingerprint density at radius 3 is 2.32 bits per heavy atom. The number of amides is 2. The molecule has 2 aromatic carbocycles. The van der Waals surface area contributed by atoms with Crippen molar-refractivity contribution in [3.63, 3.8) is 0 Å². The lowest BCUT2D eigenvalue weighted by Crippen LogP contribution is -2.29. The van der Waals surface area contributed by atoms with Crippen LogP contribution in [0.15, 0.2) is 49.3 Å². The number of carbonyl (C=O) groups excluding carboxylic acids is 2. The molecule has 0 fully saturated rings.